The van der Waals surface area contributed by atoms with Crippen LogP contribution in [0.4, 0.5) is 0 Å². The highest BCUT2D eigenvalue weighted by atomic mass is 32.1. The first-order chi connectivity index (χ1) is 10.8. The molecule has 1 amide bonds. The molecule has 1 atom stereocenters. The van der Waals surface area contributed by atoms with Gasteiger partial charge in [-0.1, -0.05) is 6.07 Å². The van der Waals surface area contributed by atoms with Crippen LogP contribution in [0.15, 0.2) is 46.4 Å². The van der Waals surface area contributed by atoms with Crippen LogP contribution >= 0.6 is 11.3 Å². The molecule has 0 spiro atoms. The van der Waals surface area contributed by atoms with Crippen LogP contribution in [0.3, 0.4) is 0 Å². The van der Waals surface area contributed by atoms with Gasteiger partial charge in [-0.05, 0) is 55.6 Å². The zero-order valence-corrected chi connectivity index (χ0v) is 13.2. The van der Waals surface area contributed by atoms with E-state index >= 15 is 0 Å². The molecule has 0 aliphatic carbocycles. The van der Waals surface area contributed by atoms with Crippen LogP contribution in [0, 0.1) is 0 Å². The Morgan fingerprint density at radius 3 is 2.91 bits per heavy atom. The Labute approximate surface area is 134 Å². The van der Waals surface area contributed by atoms with Crippen molar-refractivity contribution in [2.45, 2.75) is 18.9 Å². The Balaban J connectivity index is 1.58. The fourth-order valence-corrected chi connectivity index (χ4v) is 3.60. The standard InChI is InChI=1S/C17H20N2O2S/c20-17(8-7-14-5-3-11-21-14)18-13-15(16-6-4-12-22-16)19-9-1-2-10-19/h3-8,11-12,15H,1-2,9-10,13H2,(H,18,20). The normalized spacial score (nSPS) is 17.1. The van der Waals surface area contributed by atoms with Gasteiger partial charge in [-0.2, -0.15) is 0 Å². The van der Waals surface area contributed by atoms with Crippen LogP contribution in [0.1, 0.15) is 29.5 Å². The Morgan fingerprint density at radius 1 is 1.36 bits per heavy atom. The van der Waals surface area contributed by atoms with Gasteiger partial charge in [-0.3, -0.25) is 9.69 Å². The zero-order chi connectivity index (χ0) is 15.2. The van der Waals surface area contributed by atoms with Crippen molar-refractivity contribution in [2.75, 3.05) is 19.6 Å². The molecule has 0 bridgehead atoms. The van der Waals surface area contributed by atoms with Crippen LogP contribution in [0.2, 0.25) is 0 Å². The molecule has 4 nitrogen and oxygen atoms in total. The minimum atomic E-state index is -0.0860. The molecule has 1 N–H and O–H groups in total. The molecule has 0 saturated carbocycles. The first-order valence-electron chi connectivity index (χ1n) is 7.60. The van der Waals surface area contributed by atoms with E-state index in [0.29, 0.717) is 12.3 Å². The van der Waals surface area contributed by atoms with Gasteiger partial charge in [-0.15, -0.1) is 11.3 Å². The summed E-state index contributed by atoms with van der Waals surface area (Å²) in [5.74, 6) is 0.599. The number of hydrogen-bond acceptors (Lipinski definition) is 4. The average molecular weight is 316 g/mol. The van der Waals surface area contributed by atoms with Crippen molar-refractivity contribution in [3.05, 3.63) is 52.6 Å². The summed E-state index contributed by atoms with van der Waals surface area (Å²) in [6, 6.07) is 8.13. The largest absolute Gasteiger partial charge is 0.465 e. The third-order valence-corrected chi connectivity index (χ3v) is 4.84. The Morgan fingerprint density at radius 2 is 2.23 bits per heavy atom. The lowest BCUT2D eigenvalue weighted by molar-refractivity contribution is -0.116. The lowest BCUT2D eigenvalue weighted by atomic mass is 10.2. The molecule has 1 aliphatic rings. The van der Waals surface area contributed by atoms with E-state index in [0.717, 1.165) is 13.1 Å². The summed E-state index contributed by atoms with van der Waals surface area (Å²) >= 11 is 1.75. The number of likely N-dealkylation sites (tertiary alicyclic amines) is 1. The van der Waals surface area contributed by atoms with Crippen LogP contribution < -0.4 is 5.32 Å². The molecule has 1 saturated heterocycles. The van der Waals surface area contributed by atoms with E-state index in [1.165, 1.54) is 23.8 Å². The minimum absolute atomic E-state index is 0.0860. The molecule has 1 aliphatic heterocycles. The van der Waals surface area contributed by atoms with Gasteiger partial charge < -0.3 is 9.73 Å². The fraction of sp³-hybridized carbons (Fsp3) is 0.353. The fourth-order valence-electron chi connectivity index (χ4n) is 2.74. The number of furan rings is 1. The summed E-state index contributed by atoms with van der Waals surface area (Å²) < 4.78 is 5.18. The highest BCUT2D eigenvalue weighted by Crippen LogP contribution is 2.27. The highest BCUT2D eigenvalue weighted by Gasteiger charge is 2.24. The molecular weight excluding hydrogens is 296 g/mol. The first-order valence-corrected chi connectivity index (χ1v) is 8.48. The minimum Gasteiger partial charge on any atom is -0.465 e. The molecule has 2 aromatic heterocycles. The third-order valence-electron chi connectivity index (χ3n) is 3.86. The molecule has 22 heavy (non-hydrogen) atoms. The van der Waals surface area contributed by atoms with E-state index in [4.69, 9.17) is 4.42 Å². The summed E-state index contributed by atoms with van der Waals surface area (Å²) in [7, 11) is 0. The molecule has 1 fully saturated rings. The van der Waals surface area contributed by atoms with Crippen molar-refractivity contribution < 1.29 is 9.21 Å². The number of rotatable bonds is 6. The van der Waals surface area contributed by atoms with Crippen molar-refractivity contribution in [3.63, 3.8) is 0 Å². The third kappa shape index (κ3) is 3.87. The van der Waals surface area contributed by atoms with Crippen molar-refractivity contribution in [2.24, 2.45) is 0 Å². The van der Waals surface area contributed by atoms with Crippen molar-refractivity contribution in [1.29, 1.82) is 0 Å². The summed E-state index contributed by atoms with van der Waals surface area (Å²) in [4.78, 5) is 15.8. The molecule has 0 aromatic carbocycles. The Bertz CT molecular complexity index is 599. The molecule has 1 unspecified atom stereocenters. The van der Waals surface area contributed by atoms with Gasteiger partial charge in [0, 0.05) is 17.5 Å². The summed E-state index contributed by atoms with van der Waals surface area (Å²) in [6.07, 6.45) is 7.29. The predicted octanol–water partition coefficient (Wildman–Crippen LogP) is 3.31. The van der Waals surface area contributed by atoms with E-state index in [-0.39, 0.29) is 11.9 Å². The van der Waals surface area contributed by atoms with Gasteiger partial charge in [0.2, 0.25) is 5.91 Å². The molecular formula is C17H20N2O2S. The lowest BCUT2D eigenvalue weighted by Crippen LogP contribution is -2.35. The Kier molecular flexibility index (Phi) is 5.08. The highest BCUT2D eigenvalue weighted by molar-refractivity contribution is 7.10. The first kappa shape index (κ1) is 15.1. The molecule has 2 aromatic rings. The number of thiophene rings is 1. The maximum atomic E-state index is 12.0. The second kappa shape index (κ2) is 7.42. The van der Waals surface area contributed by atoms with Gasteiger partial charge in [0.1, 0.15) is 5.76 Å². The zero-order valence-electron chi connectivity index (χ0n) is 12.4. The van der Waals surface area contributed by atoms with Crippen LogP contribution in [0.25, 0.3) is 6.08 Å². The summed E-state index contributed by atoms with van der Waals surface area (Å²) in [5.41, 5.74) is 0. The van der Waals surface area contributed by atoms with Crippen LogP contribution in [-0.4, -0.2) is 30.4 Å². The van der Waals surface area contributed by atoms with Crippen LogP contribution in [0.5, 0.6) is 0 Å². The van der Waals surface area contributed by atoms with Crippen molar-refractivity contribution >= 4 is 23.3 Å². The van der Waals surface area contributed by atoms with E-state index in [1.807, 2.05) is 6.07 Å². The second-order valence-corrected chi connectivity index (χ2v) is 6.35. The van der Waals surface area contributed by atoms with Crippen molar-refractivity contribution in [1.82, 2.24) is 10.2 Å². The van der Waals surface area contributed by atoms with E-state index < -0.39 is 0 Å². The number of nitrogens with one attached hydrogen (secondary N) is 1. The Hall–Kier alpha value is -1.85. The molecule has 116 valence electrons. The average Bonchev–Trinajstić information content (AvgIpc) is 3.27. The number of hydrogen-bond donors (Lipinski definition) is 1. The SMILES string of the molecule is O=C(C=Cc1ccco1)NCC(c1cccs1)N1CCCC1. The van der Waals surface area contributed by atoms with Gasteiger partial charge in [-0.25, -0.2) is 0 Å². The quantitative estimate of drug-likeness (QED) is 0.832. The number of carbonyl (C=O) groups is 1. The van der Waals surface area contributed by atoms with E-state index in [9.17, 15) is 4.79 Å². The molecule has 3 rings (SSSR count). The van der Waals surface area contributed by atoms with Gasteiger partial charge in [0.05, 0.1) is 12.3 Å². The van der Waals surface area contributed by atoms with Gasteiger partial charge >= 0.3 is 0 Å². The number of carbonyl (C=O) groups excluding carboxylic acids is 1. The maximum Gasteiger partial charge on any atom is 0.244 e. The number of nitrogens with zero attached hydrogens (tertiary/aromatic N) is 1. The molecule has 0 radical (unpaired) electrons. The van der Waals surface area contributed by atoms with Crippen LogP contribution in [-0.2, 0) is 4.79 Å². The monoisotopic (exact) mass is 316 g/mol. The van der Waals surface area contributed by atoms with Gasteiger partial charge in [0.25, 0.3) is 0 Å². The number of amides is 1. The smallest absolute Gasteiger partial charge is 0.244 e. The van der Waals surface area contributed by atoms with Gasteiger partial charge in [0.15, 0.2) is 0 Å². The molecule has 5 heteroatoms. The van der Waals surface area contributed by atoms with E-state index in [1.54, 1.807) is 29.7 Å². The topological polar surface area (TPSA) is 45.5 Å². The predicted molar refractivity (Wildman–Crippen MR) is 88.6 cm³/mol. The van der Waals surface area contributed by atoms with E-state index in [2.05, 4.69) is 27.7 Å². The lowest BCUT2D eigenvalue weighted by Gasteiger charge is -2.26. The summed E-state index contributed by atoms with van der Waals surface area (Å²) in [6.45, 7) is 2.86. The summed E-state index contributed by atoms with van der Waals surface area (Å²) in [5, 5.41) is 5.10. The second-order valence-electron chi connectivity index (χ2n) is 5.37. The van der Waals surface area contributed by atoms with Crippen molar-refractivity contribution in [3.8, 4) is 0 Å². The molecule has 3 heterocycles. The maximum absolute atomic E-state index is 12.0.